The maximum atomic E-state index is 12.7. The SMILES string of the molecule is Cc1ccc(-c2cc(C(=O)NCCCn3nc(C(F)(F)F)cc3C)[nH]n2)cc1. The lowest BCUT2D eigenvalue weighted by Gasteiger charge is -2.06. The van der Waals surface area contributed by atoms with Gasteiger partial charge in [-0.3, -0.25) is 14.6 Å². The van der Waals surface area contributed by atoms with E-state index >= 15 is 0 Å². The van der Waals surface area contributed by atoms with E-state index in [1.165, 1.54) is 4.68 Å². The van der Waals surface area contributed by atoms with E-state index in [1.54, 1.807) is 13.0 Å². The highest BCUT2D eigenvalue weighted by atomic mass is 19.4. The summed E-state index contributed by atoms with van der Waals surface area (Å²) in [7, 11) is 0. The molecule has 1 amide bonds. The van der Waals surface area contributed by atoms with Gasteiger partial charge in [-0.25, -0.2) is 0 Å². The van der Waals surface area contributed by atoms with Crippen LogP contribution in [0, 0.1) is 13.8 Å². The number of nitrogens with one attached hydrogen (secondary N) is 2. The van der Waals surface area contributed by atoms with Gasteiger partial charge in [0.2, 0.25) is 0 Å². The third-order valence-corrected chi connectivity index (χ3v) is 4.27. The van der Waals surface area contributed by atoms with Gasteiger partial charge in [0.25, 0.3) is 5.91 Å². The summed E-state index contributed by atoms with van der Waals surface area (Å²) in [5.74, 6) is -0.320. The van der Waals surface area contributed by atoms with Crippen LogP contribution in [0.25, 0.3) is 11.3 Å². The van der Waals surface area contributed by atoms with Gasteiger partial charge in [-0.05, 0) is 32.4 Å². The van der Waals surface area contributed by atoms with Gasteiger partial charge in [0.15, 0.2) is 5.69 Å². The molecule has 0 aliphatic rings. The molecule has 0 radical (unpaired) electrons. The number of benzene rings is 1. The van der Waals surface area contributed by atoms with Crippen molar-refractivity contribution in [1.82, 2.24) is 25.3 Å². The molecule has 0 aliphatic heterocycles. The molecule has 0 atom stereocenters. The van der Waals surface area contributed by atoms with E-state index < -0.39 is 11.9 Å². The summed E-state index contributed by atoms with van der Waals surface area (Å²) in [6.45, 7) is 4.14. The van der Waals surface area contributed by atoms with Crippen molar-refractivity contribution in [2.24, 2.45) is 0 Å². The monoisotopic (exact) mass is 391 g/mol. The Kier molecular flexibility index (Phi) is 5.53. The lowest BCUT2D eigenvalue weighted by Crippen LogP contribution is -2.25. The average Bonchev–Trinajstić information content (AvgIpc) is 3.26. The predicted octanol–water partition coefficient (Wildman–Crippen LogP) is 3.73. The molecule has 0 spiro atoms. The Balaban J connectivity index is 1.51. The molecule has 9 heteroatoms. The number of aromatic amines is 1. The van der Waals surface area contributed by atoms with Crippen molar-refractivity contribution in [3.8, 4) is 11.3 Å². The van der Waals surface area contributed by atoms with Crippen LogP contribution in [-0.2, 0) is 12.7 Å². The van der Waals surface area contributed by atoms with Crippen LogP contribution in [0.3, 0.4) is 0 Å². The number of hydrogen-bond donors (Lipinski definition) is 2. The molecule has 3 rings (SSSR count). The van der Waals surface area contributed by atoms with Crippen LogP contribution in [-0.4, -0.2) is 32.4 Å². The van der Waals surface area contributed by atoms with E-state index in [0.717, 1.165) is 17.2 Å². The number of carbonyl (C=O) groups excluding carboxylic acids is 1. The quantitative estimate of drug-likeness (QED) is 0.629. The molecule has 0 saturated heterocycles. The van der Waals surface area contributed by atoms with Crippen molar-refractivity contribution in [1.29, 1.82) is 0 Å². The van der Waals surface area contributed by atoms with Crippen molar-refractivity contribution >= 4 is 5.91 Å². The second kappa shape index (κ2) is 7.87. The highest BCUT2D eigenvalue weighted by molar-refractivity contribution is 5.93. The molecule has 2 aromatic heterocycles. The highest BCUT2D eigenvalue weighted by Gasteiger charge is 2.34. The van der Waals surface area contributed by atoms with E-state index in [1.807, 2.05) is 31.2 Å². The number of aromatic nitrogens is 4. The van der Waals surface area contributed by atoms with Crippen molar-refractivity contribution < 1.29 is 18.0 Å². The predicted molar refractivity (Wildman–Crippen MR) is 97.7 cm³/mol. The average molecular weight is 391 g/mol. The van der Waals surface area contributed by atoms with Crippen LogP contribution < -0.4 is 5.32 Å². The standard InChI is InChI=1S/C19H20F3N5O/c1-12-4-6-14(7-5-12)15-11-16(25-24-15)18(28)23-8-3-9-27-13(2)10-17(26-27)19(20,21)22/h4-7,10-11H,3,8-9H2,1-2H3,(H,23,28)(H,24,25). The van der Waals surface area contributed by atoms with Crippen LogP contribution in [0.5, 0.6) is 0 Å². The van der Waals surface area contributed by atoms with E-state index in [-0.39, 0.29) is 12.5 Å². The first-order valence-corrected chi connectivity index (χ1v) is 8.76. The summed E-state index contributed by atoms with van der Waals surface area (Å²) in [4.78, 5) is 12.2. The molecule has 0 unspecified atom stereocenters. The van der Waals surface area contributed by atoms with Crippen molar-refractivity contribution in [2.45, 2.75) is 33.0 Å². The fourth-order valence-corrected chi connectivity index (χ4v) is 2.71. The first kappa shape index (κ1) is 19.7. The van der Waals surface area contributed by atoms with E-state index in [4.69, 9.17) is 0 Å². The molecular weight excluding hydrogens is 371 g/mol. The normalized spacial score (nSPS) is 11.6. The Morgan fingerprint density at radius 2 is 1.89 bits per heavy atom. The molecular formula is C19H20F3N5O. The second-order valence-corrected chi connectivity index (χ2v) is 6.53. The minimum absolute atomic E-state index is 0.278. The molecule has 148 valence electrons. The number of amides is 1. The summed E-state index contributed by atoms with van der Waals surface area (Å²) in [5, 5.41) is 13.1. The van der Waals surface area contributed by atoms with Gasteiger partial charge in [0.05, 0.1) is 5.69 Å². The molecule has 0 bridgehead atoms. The zero-order valence-electron chi connectivity index (χ0n) is 15.5. The largest absolute Gasteiger partial charge is 0.435 e. The van der Waals surface area contributed by atoms with Gasteiger partial charge in [0.1, 0.15) is 5.69 Å². The molecule has 0 saturated carbocycles. The van der Waals surface area contributed by atoms with E-state index in [0.29, 0.717) is 30.0 Å². The summed E-state index contributed by atoms with van der Waals surface area (Å²) >= 11 is 0. The topological polar surface area (TPSA) is 75.6 Å². The minimum atomic E-state index is -4.46. The van der Waals surface area contributed by atoms with Gasteiger partial charge in [-0.15, -0.1) is 0 Å². The van der Waals surface area contributed by atoms with Gasteiger partial charge in [0, 0.05) is 24.3 Å². The van der Waals surface area contributed by atoms with Crippen LogP contribution in [0.1, 0.15) is 33.9 Å². The zero-order chi connectivity index (χ0) is 20.3. The Bertz CT molecular complexity index is 957. The van der Waals surface area contributed by atoms with Crippen molar-refractivity contribution in [3.05, 3.63) is 59.0 Å². The Hall–Kier alpha value is -3.10. The fourth-order valence-electron chi connectivity index (χ4n) is 2.71. The summed E-state index contributed by atoms with van der Waals surface area (Å²) in [5.41, 5.74) is 2.54. The molecule has 3 aromatic rings. The first-order valence-electron chi connectivity index (χ1n) is 8.76. The van der Waals surface area contributed by atoms with Gasteiger partial charge < -0.3 is 5.32 Å². The third kappa shape index (κ3) is 4.59. The second-order valence-electron chi connectivity index (χ2n) is 6.53. The van der Waals surface area contributed by atoms with Crippen LogP contribution in [0.15, 0.2) is 36.4 Å². The highest BCUT2D eigenvalue weighted by Crippen LogP contribution is 2.28. The van der Waals surface area contributed by atoms with Gasteiger partial charge >= 0.3 is 6.18 Å². The minimum Gasteiger partial charge on any atom is -0.351 e. The number of nitrogens with zero attached hydrogens (tertiary/aromatic N) is 3. The molecule has 1 aromatic carbocycles. The molecule has 0 aliphatic carbocycles. The Labute approximate surface area is 159 Å². The van der Waals surface area contributed by atoms with Crippen molar-refractivity contribution in [3.63, 3.8) is 0 Å². The fraction of sp³-hybridized carbons (Fsp3) is 0.316. The lowest BCUT2D eigenvalue weighted by molar-refractivity contribution is -0.141. The zero-order valence-corrected chi connectivity index (χ0v) is 15.5. The number of hydrogen-bond acceptors (Lipinski definition) is 3. The maximum absolute atomic E-state index is 12.7. The number of aryl methyl sites for hydroxylation is 3. The molecule has 0 fully saturated rings. The molecule has 28 heavy (non-hydrogen) atoms. The van der Waals surface area contributed by atoms with E-state index in [2.05, 4.69) is 20.6 Å². The number of alkyl halides is 3. The smallest absolute Gasteiger partial charge is 0.351 e. The number of carbonyl (C=O) groups is 1. The molecule has 2 heterocycles. The van der Waals surface area contributed by atoms with Crippen LogP contribution in [0.4, 0.5) is 13.2 Å². The Morgan fingerprint density at radius 3 is 2.54 bits per heavy atom. The molecule has 6 nitrogen and oxygen atoms in total. The third-order valence-electron chi connectivity index (χ3n) is 4.27. The number of halogens is 3. The van der Waals surface area contributed by atoms with Crippen LogP contribution >= 0.6 is 0 Å². The summed E-state index contributed by atoms with van der Waals surface area (Å²) < 4.78 is 39.3. The van der Waals surface area contributed by atoms with Gasteiger partial charge in [-0.2, -0.15) is 23.4 Å². The number of rotatable bonds is 6. The van der Waals surface area contributed by atoms with E-state index in [9.17, 15) is 18.0 Å². The summed E-state index contributed by atoms with van der Waals surface area (Å²) in [6.07, 6.45) is -4.01. The molecule has 2 N–H and O–H groups in total. The lowest BCUT2D eigenvalue weighted by atomic mass is 10.1. The van der Waals surface area contributed by atoms with Crippen molar-refractivity contribution in [2.75, 3.05) is 6.54 Å². The Morgan fingerprint density at radius 1 is 1.18 bits per heavy atom. The first-order chi connectivity index (χ1) is 13.2. The summed E-state index contributed by atoms with van der Waals surface area (Å²) in [6, 6.07) is 10.4. The number of H-pyrrole nitrogens is 1. The maximum Gasteiger partial charge on any atom is 0.435 e. The van der Waals surface area contributed by atoms with Crippen LogP contribution in [0.2, 0.25) is 0 Å². The van der Waals surface area contributed by atoms with Gasteiger partial charge in [-0.1, -0.05) is 29.8 Å².